The molecule has 0 aromatic rings. The van der Waals surface area contributed by atoms with E-state index in [4.69, 9.17) is 5.73 Å². The van der Waals surface area contributed by atoms with Crippen LogP contribution in [0.15, 0.2) is 0 Å². The minimum atomic E-state index is -0.794. The lowest BCUT2D eigenvalue weighted by atomic mass is 9.85. The van der Waals surface area contributed by atoms with Gasteiger partial charge < -0.3 is 11.1 Å². The van der Waals surface area contributed by atoms with Crippen LogP contribution in [0.25, 0.3) is 0 Å². The van der Waals surface area contributed by atoms with Gasteiger partial charge in [0.2, 0.25) is 5.91 Å². The summed E-state index contributed by atoms with van der Waals surface area (Å²) >= 11 is 0. The van der Waals surface area contributed by atoms with Gasteiger partial charge in [0.15, 0.2) is 0 Å². The molecule has 1 saturated heterocycles. The summed E-state index contributed by atoms with van der Waals surface area (Å²) in [4.78, 5) is 38.1. The molecule has 0 spiro atoms. The number of nitrogens with one attached hydrogen (secondary N) is 1. The van der Waals surface area contributed by atoms with Crippen molar-refractivity contribution in [1.29, 1.82) is 0 Å². The van der Waals surface area contributed by atoms with E-state index >= 15 is 0 Å². The summed E-state index contributed by atoms with van der Waals surface area (Å²) in [5, 5.41) is 2.79. The Morgan fingerprint density at radius 3 is 2.25 bits per heavy atom. The second kappa shape index (κ2) is 7.53. The Morgan fingerprint density at radius 1 is 1.04 bits per heavy atom. The normalized spacial score (nSPS) is 27.5. The summed E-state index contributed by atoms with van der Waals surface area (Å²) in [6, 6.07) is -1.72. The average Bonchev–Trinajstić information content (AvgIpc) is 3.15. The topological polar surface area (TPSA) is 92.5 Å². The van der Waals surface area contributed by atoms with Gasteiger partial charge in [-0.15, -0.1) is 0 Å². The molecule has 3 N–H and O–H groups in total. The fourth-order valence-corrected chi connectivity index (χ4v) is 4.67. The van der Waals surface area contributed by atoms with E-state index in [1.54, 1.807) is 0 Å². The molecule has 24 heavy (non-hydrogen) atoms. The van der Waals surface area contributed by atoms with Crippen LogP contribution in [0.2, 0.25) is 0 Å². The summed E-state index contributed by atoms with van der Waals surface area (Å²) in [6.45, 7) is 0. The fourth-order valence-electron chi connectivity index (χ4n) is 4.67. The maximum Gasteiger partial charge on any atom is 0.325 e. The minimum Gasteiger partial charge on any atom is -0.368 e. The molecule has 2 saturated carbocycles. The molecule has 6 nitrogen and oxygen atoms in total. The molecule has 1 aliphatic heterocycles. The predicted molar refractivity (Wildman–Crippen MR) is 89.9 cm³/mol. The molecule has 0 aromatic heterocycles. The highest BCUT2D eigenvalue weighted by molar-refractivity contribution is 6.07. The number of carbonyl (C=O) groups excluding carboxylic acids is 3. The molecule has 3 fully saturated rings. The van der Waals surface area contributed by atoms with Crippen LogP contribution in [0.1, 0.15) is 70.6 Å². The number of primary amides is 1. The van der Waals surface area contributed by atoms with Gasteiger partial charge in [0.25, 0.3) is 5.91 Å². The first-order valence-corrected chi connectivity index (χ1v) is 9.49. The molecule has 1 heterocycles. The van der Waals surface area contributed by atoms with E-state index in [1.807, 2.05) is 0 Å². The molecule has 2 atom stereocenters. The molecular weight excluding hydrogens is 306 g/mol. The van der Waals surface area contributed by atoms with Gasteiger partial charge in [-0.1, -0.05) is 57.8 Å². The zero-order valence-corrected chi connectivity index (χ0v) is 14.3. The Kier molecular flexibility index (Phi) is 5.41. The van der Waals surface area contributed by atoms with Crippen molar-refractivity contribution in [3.8, 4) is 0 Å². The first kappa shape index (κ1) is 17.2. The maximum absolute atomic E-state index is 12.7. The molecule has 3 rings (SSSR count). The predicted octanol–water partition coefficient (Wildman–Crippen LogP) is 2.31. The molecule has 3 aliphatic rings. The Bertz CT molecular complexity index is 496. The van der Waals surface area contributed by atoms with Crippen LogP contribution in [0, 0.1) is 11.8 Å². The van der Waals surface area contributed by atoms with E-state index in [-0.39, 0.29) is 5.91 Å². The lowest BCUT2D eigenvalue weighted by molar-refractivity contribution is -0.135. The number of nitrogens with zero attached hydrogens (tertiary/aromatic N) is 1. The average molecular weight is 335 g/mol. The smallest absolute Gasteiger partial charge is 0.325 e. The van der Waals surface area contributed by atoms with Crippen molar-refractivity contribution < 1.29 is 14.4 Å². The molecule has 4 amide bonds. The van der Waals surface area contributed by atoms with Gasteiger partial charge >= 0.3 is 6.03 Å². The van der Waals surface area contributed by atoms with E-state index in [1.165, 1.54) is 19.3 Å². The number of hydrogen-bond acceptors (Lipinski definition) is 3. The largest absolute Gasteiger partial charge is 0.368 e. The highest BCUT2D eigenvalue weighted by atomic mass is 16.2. The molecule has 0 aromatic carbocycles. The first-order valence-electron chi connectivity index (χ1n) is 9.49. The van der Waals surface area contributed by atoms with Crippen molar-refractivity contribution >= 4 is 17.8 Å². The van der Waals surface area contributed by atoms with Gasteiger partial charge in [-0.05, 0) is 24.7 Å². The van der Waals surface area contributed by atoms with Crippen molar-refractivity contribution in [2.75, 3.05) is 0 Å². The molecule has 0 bridgehead atoms. The first-order chi connectivity index (χ1) is 11.6. The van der Waals surface area contributed by atoms with Crippen molar-refractivity contribution in [3.05, 3.63) is 0 Å². The molecule has 0 radical (unpaired) electrons. The fraction of sp³-hybridized carbons (Fsp3) is 0.833. The Morgan fingerprint density at radius 2 is 1.62 bits per heavy atom. The number of carbonyl (C=O) groups is 3. The van der Waals surface area contributed by atoms with E-state index in [0.717, 1.165) is 43.4 Å². The highest BCUT2D eigenvalue weighted by Crippen LogP contribution is 2.32. The van der Waals surface area contributed by atoms with Crippen LogP contribution in [-0.4, -0.2) is 34.8 Å². The van der Waals surface area contributed by atoms with Crippen LogP contribution < -0.4 is 11.1 Å². The summed E-state index contributed by atoms with van der Waals surface area (Å²) < 4.78 is 0. The van der Waals surface area contributed by atoms with E-state index in [9.17, 15) is 14.4 Å². The number of imide groups is 1. The maximum atomic E-state index is 12.7. The standard InChI is InChI=1S/C18H29N3O3/c19-16(22)15(11-13-8-4-5-9-13)21-17(23)14(20-18(21)24)10-12-6-2-1-3-7-12/h12-15H,1-11H2,(H2,19,22)(H,20,24). The third-order valence-corrected chi connectivity index (χ3v) is 6.02. The monoisotopic (exact) mass is 335 g/mol. The molecule has 6 heteroatoms. The summed E-state index contributed by atoms with van der Waals surface area (Å²) in [5.74, 6) is 0.0615. The third-order valence-electron chi connectivity index (χ3n) is 6.02. The minimum absolute atomic E-state index is 0.257. The van der Waals surface area contributed by atoms with Crippen LogP contribution in [0.4, 0.5) is 4.79 Å². The Labute approximate surface area is 143 Å². The summed E-state index contributed by atoms with van der Waals surface area (Å²) in [7, 11) is 0. The lowest BCUT2D eigenvalue weighted by Gasteiger charge is -2.26. The number of hydrogen-bond donors (Lipinski definition) is 2. The van der Waals surface area contributed by atoms with Crippen molar-refractivity contribution in [2.24, 2.45) is 17.6 Å². The van der Waals surface area contributed by atoms with Crippen molar-refractivity contribution in [3.63, 3.8) is 0 Å². The number of rotatable bonds is 6. The quantitative estimate of drug-likeness (QED) is 0.730. The number of amides is 4. The molecule has 2 unspecified atom stereocenters. The van der Waals surface area contributed by atoms with Gasteiger partial charge in [0, 0.05) is 0 Å². The van der Waals surface area contributed by atoms with E-state index in [0.29, 0.717) is 24.7 Å². The van der Waals surface area contributed by atoms with Crippen molar-refractivity contribution in [1.82, 2.24) is 10.2 Å². The molecule has 2 aliphatic carbocycles. The molecular formula is C18H29N3O3. The van der Waals surface area contributed by atoms with E-state index < -0.39 is 24.0 Å². The van der Waals surface area contributed by atoms with E-state index in [2.05, 4.69) is 5.32 Å². The second-order valence-electron chi connectivity index (χ2n) is 7.75. The van der Waals surface area contributed by atoms with Gasteiger partial charge in [0.1, 0.15) is 12.1 Å². The van der Waals surface area contributed by atoms with Crippen LogP contribution in [0.3, 0.4) is 0 Å². The zero-order chi connectivity index (χ0) is 17.1. The third kappa shape index (κ3) is 3.73. The van der Waals surface area contributed by atoms with Gasteiger partial charge in [0.05, 0.1) is 0 Å². The van der Waals surface area contributed by atoms with Crippen LogP contribution in [0.5, 0.6) is 0 Å². The van der Waals surface area contributed by atoms with Gasteiger partial charge in [-0.2, -0.15) is 0 Å². The Balaban J connectivity index is 1.65. The lowest BCUT2D eigenvalue weighted by Crippen LogP contribution is -2.49. The summed E-state index contributed by atoms with van der Waals surface area (Å²) in [6.07, 6.45) is 11.5. The summed E-state index contributed by atoms with van der Waals surface area (Å²) in [5.41, 5.74) is 5.54. The highest BCUT2D eigenvalue weighted by Gasteiger charge is 2.45. The molecule has 134 valence electrons. The zero-order valence-electron chi connectivity index (χ0n) is 14.3. The number of urea groups is 1. The SMILES string of the molecule is NC(=O)C(CC1CCCC1)N1C(=O)NC(CC2CCCCC2)C1=O. The van der Waals surface area contributed by atoms with Crippen molar-refractivity contribution in [2.45, 2.75) is 82.7 Å². The van der Waals surface area contributed by atoms with Gasteiger partial charge in [-0.25, -0.2) is 9.69 Å². The van der Waals surface area contributed by atoms with Gasteiger partial charge in [-0.3, -0.25) is 9.59 Å². The second-order valence-corrected chi connectivity index (χ2v) is 7.75. The Hall–Kier alpha value is -1.59. The number of nitrogens with two attached hydrogens (primary N) is 1. The van der Waals surface area contributed by atoms with Crippen LogP contribution >= 0.6 is 0 Å². The van der Waals surface area contributed by atoms with Crippen LogP contribution in [-0.2, 0) is 9.59 Å².